The van der Waals surface area contributed by atoms with E-state index in [0.717, 1.165) is 88.0 Å². The predicted octanol–water partition coefficient (Wildman–Crippen LogP) is 8.84. The molecule has 230 valence electrons. The van der Waals surface area contributed by atoms with Crippen LogP contribution in [0.25, 0.3) is 121 Å². The first-order chi connectivity index (χ1) is 25.3. The third-order valence-electron chi connectivity index (χ3n) is 12.2. The van der Waals surface area contributed by atoms with Crippen molar-refractivity contribution in [3.63, 3.8) is 0 Å². The second-order valence-electron chi connectivity index (χ2n) is 14.4. The highest BCUT2D eigenvalue weighted by atomic mass is 16.3. The molecule has 0 unspecified atom stereocenters. The number of nitrogens with zero attached hydrogens (tertiary/aromatic N) is 4. The summed E-state index contributed by atoms with van der Waals surface area (Å²) >= 11 is 0. The molecule has 0 spiro atoms. The molecule has 8 heterocycles. The van der Waals surface area contributed by atoms with Crippen molar-refractivity contribution >= 4 is 144 Å². The summed E-state index contributed by atoms with van der Waals surface area (Å²) in [6.45, 7) is -0.0700. The Kier molecular flexibility index (Phi) is 3.64. The van der Waals surface area contributed by atoms with E-state index in [9.17, 15) is 0 Å². The molecule has 7 heteroatoms. The van der Waals surface area contributed by atoms with Gasteiger partial charge in [-0.2, -0.15) is 0 Å². The van der Waals surface area contributed by atoms with Gasteiger partial charge in [0.25, 0.3) is 6.71 Å². The number of imidazole rings is 2. The number of hydrogen-bond donors (Lipinski definition) is 0. The lowest BCUT2D eigenvalue weighted by Gasteiger charge is -2.30. The van der Waals surface area contributed by atoms with Crippen molar-refractivity contribution in [3.05, 3.63) is 115 Å². The van der Waals surface area contributed by atoms with Crippen LogP contribution < -0.4 is 16.4 Å². The molecule has 51 heavy (non-hydrogen) atoms. The Labute approximate surface area is 285 Å². The van der Waals surface area contributed by atoms with Crippen LogP contribution in [-0.2, 0) is 0 Å². The van der Waals surface area contributed by atoms with Crippen LogP contribution in [0, 0.1) is 0 Å². The summed E-state index contributed by atoms with van der Waals surface area (Å²) < 4.78 is 18.3. The Morgan fingerprint density at radius 2 is 0.843 bits per heavy atom. The van der Waals surface area contributed by atoms with Gasteiger partial charge in [-0.1, -0.05) is 97.1 Å². The molecular weight excluding hydrogens is 627 g/mol. The Bertz CT molecular complexity index is 3650. The Morgan fingerprint density at radius 1 is 0.412 bits per heavy atom. The average molecular weight is 646 g/mol. The maximum atomic E-state index is 6.68. The zero-order chi connectivity index (χ0) is 32.4. The monoisotopic (exact) mass is 646 g/mol. The topological polar surface area (TPSA) is 60.9 Å². The highest BCUT2D eigenvalue weighted by molar-refractivity contribution is 7.02. The molecule has 13 aromatic rings. The van der Waals surface area contributed by atoms with Gasteiger partial charge < -0.3 is 8.83 Å². The van der Waals surface area contributed by atoms with E-state index in [2.05, 4.69) is 112 Å². The van der Waals surface area contributed by atoms with Crippen LogP contribution in [-0.4, -0.2) is 25.5 Å². The number of fused-ring (bicyclic) bond motifs is 16. The molecule has 0 saturated heterocycles. The molecule has 0 bridgehead atoms. The first kappa shape index (κ1) is 24.3. The van der Waals surface area contributed by atoms with E-state index in [0.29, 0.717) is 0 Å². The summed E-state index contributed by atoms with van der Waals surface area (Å²) in [4.78, 5) is 11.0. The molecule has 6 nitrogen and oxygen atoms in total. The SMILES string of the molecule is c1ccc2c(c1)oc1c2cc2c3c1nc1c4ccccc4c4cc5c6ccccc6c6nc7c8oc9ccccc9c8cc8c7n6c5c(c4n13)B28. The maximum Gasteiger partial charge on any atom is 0.252 e. The lowest BCUT2D eigenvalue weighted by atomic mass is 9.34. The fourth-order valence-corrected chi connectivity index (χ4v) is 10.3. The number of hydrogen-bond acceptors (Lipinski definition) is 4. The summed E-state index contributed by atoms with van der Waals surface area (Å²) in [7, 11) is 0. The van der Waals surface area contributed by atoms with Crippen LogP contribution >= 0.6 is 0 Å². The fraction of sp³-hybridized carbons (Fsp3) is 0. The molecule has 0 saturated carbocycles. The quantitative estimate of drug-likeness (QED) is 0.0939. The first-order valence-electron chi connectivity index (χ1n) is 17.5. The molecule has 0 aliphatic carbocycles. The molecule has 15 rings (SSSR count). The second kappa shape index (κ2) is 7.64. The Balaban J connectivity index is 1.32. The van der Waals surface area contributed by atoms with Crippen LogP contribution in [0.1, 0.15) is 0 Å². The maximum absolute atomic E-state index is 6.68. The molecule has 0 N–H and O–H groups in total. The zero-order valence-corrected chi connectivity index (χ0v) is 26.7. The molecule has 0 amide bonds. The summed E-state index contributed by atoms with van der Waals surface area (Å²) in [6.07, 6.45) is 0. The second-order valence-corrected chi connectivity index (χ2v) is 14.4. The summed E-state index contributed by atoms with van der Waals surface area (Å²) in [5.74, 6) is 0. The number of pyridine rings is 2. The van der Waals surface area contributed by atoms with Crippen molar-refractivity contribution in [2.75, 3.05) is 0 Å². The summed E-state index contributed by atoms with van der Waals surface area (Å²) in [5.41, 5.74) is 15.7. The standard InChI is InChI=1S/C44H19BN4O2/c1-3-13-24-20(9-1)26-17-27-21-10-2-4-14-25(21)44-47-36-40-31(19-29-23-12-6-8-16-33(23)51-42(29)36)45-30-18-28-22-11-5-7-15-32(22)50-41(28)35-39(30)48(43(24)46-35)37(26)34(45)38(27)49(40)44/h1-19H. The molecule has 6 aromatic heterocycles. The summed E-state index contributed by atoms with van der Waals surface area (Å²) in [6, 6.07) is 41.5. The van der Waals surface area contributed by atoms with Gasteiger partial charge in [0.1, 0.15) is 33.5 Å². The minimum Gasteiger partial charge on any atom is -0.454 e. The van der Waals surface area contributed by atoms with Gasteiger partial charge in [0.2, 0.25) is 0 Å². The zero-order valence-electron chi connectivity index (χ0n) is 26.7. The minimum absolute atomic E-state index is 0.0700. The largest absolute Gasteiger partial charge is 0.454 e. The number of para-hydroxylation sites is 2. The van der Waals surface area contributed by atoms with Crippen molar-refractivity contribution in [1.29, 1.82) is 0 Å². The first-order valence-corrected chi connectivity index (χ1v) is 17.5. The Hall–Kier alpha value is -6.86. The molecule has 7 aromatic carbocycles. The lowest BCUT2D eigenvalue weighted by Crippen LogP contribution is -2.57. The van der Waals surface area contributed by atoms with E-state index in [1.54, 1.807) is 0 Å². The van der Waals surface area contributed by atoms with Crippen molar-refractivity contribution < 1.29 is 8.83 Å². The highest BCUT2D eigenvalue weighted by Crippen LogP contribution is 2.44. The smallest absolute Gasteiger partial charge is 0.252 e. The molecule has 0 radical (unpaired) electrons. The third-order valence-corrected chi connectivity index (χ3v) is 12.2. The molecular formula is C44H19BN4O2. The lowest BCUT2D eigenvalue weighted by molar-refractivity contribution is 0.671. The highest BCUT2D eigenvalue weighted by Gasteiger charge is 2.42. The van der Waals surface area contributed by atoms with Crippen molar-refractivity contribution in [2.24, 2.45) is 0 Å². The predicted molar refractivity (Wildman–Crippen MR) is 208 cm³/mol. The number of aromatic nitrogens is 4. The van der Waals surface area contributed by atoms with E-state index >= 15 is 0 Å². The Morgan fingerprint density at radius 3 is 1.33 bits per heavy atom. The average Bonchev–Trinajstić information content (AvgIpc) is 3.96. The van der Waals surface area contributed by atoms with Gasteiger partial charge >= 0.3 is 0 Å². The van der Waals surface area contributed by atoms with Crippen LogP contribution in [0.4, 0.5) is 0 Å². The van der Waals surface area contributed by atoms with Crippen molar-refractivity contribution in [1.82, 2.24) is 18.8 Å². The van der Waals surface area contributed by atoms with E-state index < -0.39 is 0 Å². The van der Waals surface area contributed by atoms with E-state index in [1.165, 1.54) is 49.0 Å². The molecule has 0 atom stereocenters. The van der Waals surface area contributed by atoms with E-state index in [1.807, 2.05) is 12.1 Å². The van der Waals surface area contributed by atoms with Gasteiger partial charge in [-0.3, -0.25) is 8.80 Å². The van der Waals surface area contributed by atoms with Crippen molar-refractivity contribution in [3.8, 4) is 0 Å². The van der Waals surface area contributed by atoms with Crippen LogP contribution in [0.3, 0.4) is 0 Å². The summed E-state index contributed by atoms with van der Waals surface area (Å²) in [5, 5.41) is 11.6. The fourth-order valence-electron chi connectivity index (χ4n) is 10.3. The van der Waals surface area contributed by atoms with E-state index in [4.69, 9.17) is 18.8 Å². The van der Waals surface area contributed by atoms with Crippen LogP contribution in [0.2, 0.25) is 0 Å². The van der Waals surface area contributed by atoms with Gasteiger partial charge in [0.15, 0.2) is 11.2 Å². The normalized spacial score (nSPS) is 13.8. The minimum atomic E-state index is -0.0700. The third kappa shape index (κ3) is 2.44. The number of furan rings is 2. The van der Waals surface area contributed by atoms with Crippen molar-refractivity contribution in [2.45, 2.75) is 0 Å². The van der Waals surface area contributed by atoms with Crippen LogP contribution in [0.15, 0.2) is 124 Å². The molecule has 0 fully saturated rings. The van der Waals surface area contributed by atoms with Gasteiger partial charge in [-0.05, 0) is 45.4 Å². The number of benzene rings is 7. The van der Waals surface area contributed by atoms with Gasteiger partial charge in [-0.25, -0.2) is 9.97 Å². The van der Waals surface area contributed by atoms with Gasteiger partial charge in [0.05, 0.1) is 22.1 Å². The van der Waals surface area contributed by atoms with Crippen LogP contribution in [0.5, 0.6) is 0 Å². The van der Waals surface area contributed by atoms with Gasteiger partial charge in [0, 0.05) is 43.1 Å². The van der Waals surface area contributed by atoms with E-state index in [-0.39, 0.29) is 6.71 Å². The number of rotatable bonds is 0. The van der Waals surface area contributed by atoms with Gasteiger partial charge in [-0.15, -0.1) is 0 Å². The molecule has 2 aliphatic rings. The molecule has 2 aliphatic heterocycles.